The third-order valence-corrected chi connectivity index (χ3v) is 2.26. The highest BCUT2D eigenvalue weighted by molar-refractivity contribution is 5.27. The maximum absolute atomic E-state index is 6.08. The largest absolute Gasteiger partial charge is 0.469 e. The normalized spacial score (nSPS) is 25.6. The second kappa shape index (κ2) is 3.23. The summed E-state index contributed by atoms with van der Waals surface area (Å²) in [5.74, 6) is 0.812. The minimum absolute atomic E-state index is 0.534. The van der Waals surface area contributed by atoms with Crippen molar-refractivity contribution in [2.45, 2.75) is 12.1 Å². The average molecular weight is 191 g/mol. The van der Waals surface area contributed by atoms with Crippen molar-refractivity contribution < 1.29 is 4.42 Å². The van der Waals surface area contributed by atoms with Gasteiger partial charge in [0.05, 0.1) is 6.26 Å². The summed E-state index contributed by atoms with van der Waals surface area (Å²) in [5, 5.41) is 3.03. The molecule has 1 aliphatic heterocycles. The third kappa shape index (κ3) is 1.52. The lowest BCUT2D eigenvalue weighted by atomic mass is 9.99. The number of hydrogen-bond donors (Lipinski definition) is 3. The molecule has 0 amide bonds. The van der Waals surface area contributed by atoms with Crippen molar-refractivity contribution in [1.82, 2.24) is 5.32 Å². The van der Waals surface area contributed by atoms with Crippen LogP contribution in [0.1, 0.15) is 5.76 Å². The molecule has 0 aromatic carbocycles. The van der Waals surface area contributed by atoms with Crippen molar-refractivity contribution in [3.05, 3.63) is 48.2 Å². The Bertz CT molecular complexity index is 367. The average Bonchev–Trinajstić information content (AvgIpc) is 2.63. The molecule has 0 saturated heterocycles. The van der Waals surface area contributed by atoms with Crippen molar-refractivity contribution >= 4 is 0 Å². The highest BCUT2D eigenvalue weighted by Gasteiger charge is 2.29. The third-order valence-electron chi connectivity index (χ3n) is 2.26. The fourth-order valence-electron chi connectivity index (χ4n) is 1.42. The summed E-state index contributed by atoms with van der Waals surface area (Å²) >= 11 is 0. The van der Waals surface area contributed by atoms with Gasteiger partial charge >= 0.3 is 0 Å². The molecule has 0 spiro atoms. The molecule has 2 heterocycles. The zero-order valence-electron chi connectivity index (χ0n) is 7.73. The number of hydrogen-bond acceptors (Lipinski definition) is 4. The van der Waals surface area contributed by atoms with Crippen molar-refractivity contribution in [2.75, 3.05) is 0 Å². The fraction of sp³-hybridized carbons (Fsp3) is 0.200. The summed E-state index contributed by atoms with van der Waals surface area (Å²) < 4.78 is 5.22. The van der Waals surface area contributed by atoms with E-state index in [1.165, 1.54) is 0 Å². The quantitative estimate of drug-likeness (QED) is 0.633. The number of dihydropyridines is 1. The van der Waals surface area contributed by atoms with Crippen LogP contribution in [0.25, 0.3) is 0 Å². The molecule has 0 bridgehead atoms. The number of rotatable bonds is 2. The van der Waals surface area contributed by atoms with Crippen molar-refractivity contribution in [3.63, 3.8) is 0 Å². The molecule has 0 fully saturated rings. The van der Waals surface area contributed by atoms with Gasteiger partial charge in [0, 0.05) is 12.1 Å². The lowest BCUT2D eigenvalue weighted by Crippen LogP contribution is -2.57. The van der Waals surface area contributed by atoms with Gasteiger partial charge in [-0.25, -0.2) is 0 Å². The van der Waals surface area contributed by atoms with Crippen molar-refractivity contribution in [3.8, 4) is 0 Å². The molecule has 74 valence electrons. The van der Waals surface area contributed by atoms with Crippen LogP contribution >= 0.6 is 0 Å². The first-order valence-corrected chi connectivity index (χ1v) is 4.42. The molecule has 0 saturated carbocycles. The molecule has 0 radical (unpaired) electrons. The number of allylic oxidation sites excluding steroid dienone is 2. The van der Waals surface area contributed by atoms with Crippen LogP contribution in [-0.4, -0.2) is 5.66 Å². The van der Waals surface area contributed by atoms with Gasteiger partial charge in [0.2, 0.25) is 0 Å². The van der Waals surface area contributed by atoms with E-state index in [0.29, 0.717) is 12.1 Å². The van der Waals surface area contributed by atoms with E-state index in [0.717, 1.165) is 5.76 Å². The summed E-state index contributed by atoms with van der Waals surface area (Å²) in [5.41, 5.74) is 11.8. The number of furan rings is 1. The molecule has 1 aliphatic rings. The highest BCUT2D eigenvalue weighted by Crippen LogP contribution is 2.16. The summed E-state index contributed by atoms with van der Waals surface area (Å²) in [6.45, 7) is 0. The smallest absolute Gasteiger partial charge is 0.133 e. The molecule has 1 aromatic rings. The molecule has 4 nitrogen and oxygen atoms in total. The van der Waals surface area contributed by atoms with E-state index in [9.17, 15) is 0 Å². The SMILES string of the molecule is NC1=CC=CNC1(N)Cc1ccco1. The minimum Gasteiger partial charge on any atom is -0.469 e. The van der Waals surface area contributed by atoms with Gasteiger partial charge in [-0.2, -0.15) is 0 Å². The van der Waals surface area contributed by atoms with Crippen LogP contribution in [0.2, 0.25) is 0 Å². The first-order valence-electron chi connectivity index (χ1n) is 4.42. The monoisotopic (exact) mass is 191 g/mol. The molecule has 1 atom stereocenters. The van der Waals surface area contributed by atoms with Crippen molar-refractivity contribution in [2.24, 2.45) is 11.5 Å². The first kappa shape index (κ1) is 8.90. The van der Waals surface area contributed by atoms with Gasteiger partial charge in [-0.1, -0.05) is 0 Å². The zero-order chi connectivity index (χ0) is 10.0. The fourth-order valence-corrected chi connectivity index (χ4v) is 1.42. The molecule has 1 aromatic heterocycles. The van der Waals surface area contributed by atoms with Crippen LogP contribution in [0, 0.1) is 0 Å². The predicted molar refractivity (Wildman–Crippen MR) is 53.9 cm³/mol. The Balaban J connectivity index is 2.17. The van der Waals surface area contributed by atoms with Crippen LogP contribution in [0.15, 0.2) is 46.9 Å². The van der Waals surface area contributed by atoms with E-state index >= 15 is 0 Å². The molecule has 14 heavy (non-hydrogen) atoms. The summed E-state index contributed by atoms with van der Waals surface area (Å²) in [4.78, 5) is 0. The van der Waals surface area contributed by atoms with Gasteiger partial charge in [-0.05, 0) is 30.5 Å². The van der Waals surface area contributed by atoms with Gasteiger partial charge in [-0.15, -0.1) is 0 Å². The second-order valence-corrected chi connectivity index (χ2v) is 3.35. The van der Waals surface area contributed by atoms with Gasteiger partial charge < -0.3 is 21.2 Å². The van der Waals surface area contributed by atoms with Crippen LogP contribution in [0.5, 0.6) is 0 Å². The molecule has 5 N–H and O–H groups in total. The lowest BCUT2D eigenvalue weighted by Gasteiger charge is -2.31. The summed E-state index contributed by atoms with van der Waals surface area (Å²) in [6, 6.07) is 3.71. The van der Waals surface area contributed by atoms with Gasteiger partial charge in [0.25, 0.3) is 0 Å². The molecule has 2 rings (SSSR count). The molecule has 1 unspecified atom stereocenters. The topological polar surface area (TPSA) is 77.2 Å². The standard InChI is InChI=1S/C10H13N3O/c11-9-4-1-5-13-10(9,12)7-8-3-2-6-14-8/h1-6,13H,7,11-12H2. The van der Waals surface area contributed by atoms with E-state index in [-0.39, 0.29) is 0 Å². The Hall–Kier alpha value is -1.68. The first-order chi connectivity index (χ1) is 6.71. The van der Waals surface area contributed by atoms with E-state index < -0.39 is 5.66 Å². The Morgan fingerprint density at radius 3 is 3.00 bits per heavy atom. The van der Waals surface area contributed by atoms with E-state index in [4.69, 9.17) is 15.9 Å². The van der Waals surface area contributed by atoms with Crippen LogP contribution < -0.4 is 16.8 Å². The van der Waals surface area contributed by atoms with Gasteiger partial charge in [0.1, 0.15) is 11.4 Å². The van der Waals surface area contributed by atoms with E-state index in [1.54, 1.807) is 18.5 Å². The molecular formula is C10H13N3O. The Morgan fingerprint density at radius 2 is 2.36 bits per heavy atom. The van der Waals surface area contributed by atoms with Crippen molar-refractivity contribution in [1.29, 1.82) is 0 Å². The Kier molecular flexibility index (Phi) is 2.05. The highest BCUT2D eigenvalue weighted by atomic mass is 16.3. The summed E-state index contributed by atoms with van der Waals surface area (Å²) in [6.07, 6.45) is 7.55. The Morgan fingerprint density at radius 1 is 1.50 bits per heavy atom. The maximum atomic E-state index is 6.08. The van der Waals surface area contributed by atoms with Gasteiger partial charge in [-0.3, -0.25) is 0 Å². The van der Waals surface area contributed by atoms with E-state index in [2.05, 4.69) is 5.32 Å². The Labute approximate surface area is 82.3 Å². The predicted octanol–water partition coefficient (Wildman–Crippen LogP) is 0.437. The lowest BCUT2D eigenvalue weighted by molar-refractivity contribution is 0.385. The maximum Gasteiger partial charge on any atom is 0.133 e. The molecule has 4 heteroatoms. The molecule has 0 aliphatic carbocycles. The van der Waals surface area contributed by atoms with Crippen LogP contribution in [-0.2, 0) is 6.42 Å². The zero-order valence-corrected chi connectivity index (χ0v) is 7.73. The van der Waals surface area contributed by atoms with Crippen LogP contribution in [0.3, 0.4) is 0 Å². The van der Waals surface area contributed by atoms with Gasteiger partial charge in [0.15, 0.2) is 0 Å². The number of nitrogens with one attached hydrogen (secondary N) is 1. The summed E-state index contributed by atoms with van der Waals surface area (Å²) in [7, 11) is 0. The van der Waals surface area contributed by atoms with Crippen LogP contribution in [0.4, 0.5) is 0 Å². The molecular weight excluding hydrogens is 178 g/mol. The van der Waals surface area contributed by atoms with E-state index in [1.807, 2.05) is 18.2 Å². The minimum atomic E-state index is -0.730. The number of nitrogens with two attached hydrogens (primary N) is 2. The second-order valence-electron chi connectivity index (χ2n) is 3.35.